The van der Waals surface area contributed by atoms with E-state index in [4.69, 9.17) is 26.5 Å². The molecule has 2 amide bonds. The third kappa shape index (κ3) is 4.17. The van der Waals surface area contributed by atoms with Crippen LogP contribution in [0.4, 0.5) is 5.69 Å². The van der Waals surface area contributed by atoms with Crippen LogP contribution < -0.4 is 15.4 Å². The van der Waals surface area contributed by atoms with Crippen LogP contribution in [0.15, 0.2) is 76.4 Å². The van der Waals surface area contributed by atoms with Gasteiger partial charge in [-0.1, -0.05) is 35.9 Å². The quantitative estimate of drug-likeness (QED) is 0.623. The molecule has 0 saturated heterocycles. The second-order valence-electron chi connectivity index (χ2n) is 7.88. The molecule has 168 valence electrons. The fourth-order valence-corrected chi connectivity index (χ4v) is 4.23. The Balaban J connectivity index is 1.44. The maximum Gasteiger partial charge on any atom is 0.262 e. The lowest BCUT2D eigenvalue weighted by Crippen LogP contribution is -2.50. The van der Waals surface area contributed by atoms with Crippen molar-refractivity contribution in [3.8, 4) is 5.75 Å². The van der Waals surface area contributed by atoms with Gasteiger partial charge in [-0.25, -0.2) is 5.01 Å². The molecule has 9 heteroatoms. The van der Waals surface area contributed by atoms with Crippen molar-refractivity contribution in [3.05, 3.63) is 83.3 Å². The standard InChI is InChI=1S/C24H21ClN4O4/c25-16-9-7-15(8-10-16)17-12-19(20-6-3-11-32-20)29(27-17)23(30)14-28-13-22(24(26)31)33-21-5-2-1-4-18(21)28/h1-11,19,22H,12-14H2,(H2,26,31)/t19-,22-/m1/s1. The van der Waals surface area contributed by atoms with Crippen molar-refractivity contribution in [1.29, 1.82) is 0 Å². The lowest BCUT2D eigenvalue weighted by molar-refractivity contribution is -0.132. The predicted molar refractivity (Wildman–Crippen MR) is 123 cm³/mol. The van der Waals surface area contributed by atoms with E-state index in [2.05, 4.69) is 5.10 Å². The number of fused-ring (bicyclic) bond motifs is 1. The number of hydrogen-bond acceptors (Lipinski definition) is 6. The fourth-order valence-electron chi connectivity index (χ4n) is 4.10. The predicted octanol–water partition coefficient (Wildman–Crippen LogP) is 3.36. The lowest BCUT2D eigenvalue weighted by Gasteiger charge is -2.35. The molecular formula is C24H21ClN4O4. The van der Waals surface area contributed by atoms with Gasteiger partial charge in [0.2, 0.25) is 0 Å². The second-order valence-corrected chi connectivity index (χ2v) is 8.32. The molecular weight excluding hydrogens is 444 g/mol. The molecule has 3 aromatic rings. The van der Waals surface area contributed by atoms with Crippen molar-refractivity contribution < 1.29 is 18.7 Å². The summed E-state index contributed by atoms with van der Waals surface area (Å²) in [5.41, 5.74) is 7.86. The average Bonchev–Trinajstić information content (AvgIpc) is 3.49. The number of furan rings is 1. The minimum absolute atomic E-state index is 0.00123. The van der Waals surface area contributed by atoms with Crippen molar-refractivity contribution >= 4 is 34.8 Å². The maximum absolute atomic E-state index is 13.5. The molecule has 0 spiro atoms. The number of carbonyl (C=O) groups is 2. The number of hydrogen-bond donors (Lipinski definition) is 1. The van der Waals surface area contributed by atoms with Crippen LogP contribution in [0.1, 0.15) is 23.8 Å². The number of carbonyl (C=O) groups excluding carboxylic acids is 2. The van der Waals surface area contributed by atoms with Gasteiger partial charge in [-0.2, -0.15) is 5.10 Å². The number of rotatable bonds is 5. The van der Waals surface area contributed by atoms with E-state index in [1.807, 2.05) is 30.3 Å². The molecule has 2 atom stereocenters. The highest BCUT2D eigenvalue weighted by Crippen LogP contribution is 2.36. The van der Waals surface area contributed by atoms with Gasteiger partial charge in [-0.15, -0.1) is 0 Å². The second kappa shape index (κ2) is 8.63. The molecule has 0 bridgehead atoms. The third-order valence-electron chi connectivity index (χ3n) is 5.72. The molecule has 1 aromatic heterocycles. The molecule has 0 saturated carbocycles. The van der Waals surface area contributed by atoms with Gasteiger partial charge in [0, 0.05) is 11.4 Å². The fraction of sp³-hybridized carbons (Fsp3) is 0.208. The lowest BCUT2D eigenvalue weighted by atomic mass is 10.0. The third-order valence-corrected chi connectivity index (χ3v) is 5.97. The molecule has 5 rings (SSSR count). The minimum Gasteiger partial charge on any atom is -0.477 e. The Kier molecular flexibility index (Phi) is 5.51. The van der Waals surface area contributed by atoms with Gasteiger partial charge >= 0.3 is 0 Å². The van der Waals surface area contributed by atoms with Gasteiger partial charge in [0.25, 0.3) is 11.8 Å². The normalized spacial score (nSPS) is 19.6. The molecule has 2 aliphatic rings. The van der Waals surface area contributed by atoms with Gasteiger partial charge in [0.05, 0.1) is 30.8 Å². The Morgan fingerprint density at radius 2 is 1.88 bits per heavy atom. The number of halogens is 1. The van der Waals surface area contributed by atoms with Crippen LogP contribution in [0.3, 0.4) is 0 Å². The monoisotopic (exact) mass is 464 g/mol. The van der Waals surface area contributed by atoms with Crippen LogP contribution in [-0.2, 0) is 9.59 Å². The first-order valence-electron chi connectivity index (χ1n) is 10.5. The van der Waals surface area contributed by atoms with E-state index < -0.39 is 12.0 Å². The largest absolute Gasteiger partial charge is 0.477 e. The number of amides is 2. The smallest absolute Gasteiger partial charge is 0.262 e. The number of para-hydroxylation sites is 2. The topological polar surface area (TPSA) is 101 Å². The summed E-state index contributed by atoms with van der Waals surface area (Å²) >= 11 is 6.02. The van der Waals surface area contributed by atoms with Crippen LogP contribution >= 0.6 is 11.6 Å². The first kappa shape index (κ1) is 21.1. The summed E-state index contributed by atoms with van der Waals surface area (Å²) < 4.78 is 11.3. The van der Waals surface area contributed by atoms with Crippen LogP contribution in [0, 0.1) is 0 Å². The highest BCUT2D eigenvalue weighted by atomic mass is 35.5. The van der Waals surface area contributed by atoms with Gasteiger partial charge < -0.3 is 19.8 Å². The Labute approximate surface area is 195 Å². The van der Waals surface area contributed by atoms with Crippen molar-refractivity contribution in [3.63, 3.8) is 0 Å². The van der Waals surface area contributed by atoms with E-state index in [-0.39, 0.29) is 25.0 Å². The summed E-state index contributed by atoms with van der Waals surface area (Å²) in [5.74, 6) is 0.336. The maximum atomic E-state index is 13.5. The van der Waals surface area contributed by atoms with Crippen molar-refractivity contribution in [2.75, 3.05) is 18.0 Å². The number of nitrogens with two attached hydrogens (primary N) is 1. The first-order chi connectivity index (χ1) is 16.0. The molecule has 0 aliphatic carbocycles. The van der Waals surface area contributed by atoms with Gasteiger partial charge in [-0.3, -0.25) is 9.59 Å². The SMILES string of the molecule is NC(=O)[C@H]1CN(CC(=O)N2N=C(c3ccc(Cl)cc3)C[C@@H]2c2ccco2)c2ccccc2O1. The van der Waals surface area contributed by atoms with Gasteiger partial charge in [0.15, 0.2) is 6.10 Å². The molecule has 2 N–H and O–H groups in total. The Morgan fingerprint density at radius 1 is 1.09 bits per heavy atom. The van der Waals surface area contributed by atoms with Crippen LogP contribution in [0.25, 0.3) is 0 Å². The van der Waals surface area contributed by atoms with Crippen molar-refractivity contribution in [2.45, 2.75) is 18.6 Å². The van der Waals surface area contributed by atoms with Crippen molar-refractivity contribution in [1.82, 2.24) is 5.01 Å². The zero-order valence-electron chi connectivity index (χ0n) is 17.6. The molecule has 2 aromatic carbocycles. The Hall–Kier alpha value is -3.78. The summed E-state index contributed by atoms with van der Waals surface area (Å²) in [6.45, 7) is 0.170. The van der Waals surface area contributed by atoms with E-state index in [1.165, 1.54) is 5.01 Å². The molecule has 0 fully saturated rings. The summed E-state index contributed by atoms with van der Waals surface area (Å²) in [6, 6.07) is 17.8. The zero-order valence-corrected chi connectivity index (χ0v) is 18.3. The molecule has 0 unspecified atom stereocenters. The summed E-state index contributed by atoms with van der Waals surface area (Å²) in [5, 5.41) is 6.73. The Bertz CT molecular complexity index is 1210. The summed E-state index contributed by atoms with van der Waals surface area (Å²) in [7, 11) is 0. The number of benzene rings is 2. The molecule has 8 nitrogen and oxygen atoms in total. The van der Waals surface area contributed by atoms with Crippen LogP contribution in [0.5, 0.6) is 5.75 Å². The minimum atomic E-state index is -0.847. The van der Waals surface area contributed by atoms with Crippen LogP contribution in [-0.4, -0.2) is 41.7 Å². The molecule has 0 radical (unpaired) electrons. The number of nitrogens with zero attached hydrogens (tertiary/aromatic N) is 3. The molecule has 33 heavy (non-hydrogen) atoms. The number of primary amides is 1. The number of anilines is 1. The highest BCUT2D eigenvalue weighted by Gasteiger charge is 2.37. The summed E-state index contributed by atoms with van der Waals surface area (Å²) in [4.78, 5) is 27.1. The van der Waals surface area contributed by atoms with Crippen molar-refractivity contribution in [2.24, 2.45) is 10.8 Å². The average molecular weight is 465 g/mol. The van der Waals surface area contributed by atoms with Gasteiger partial charge in [-0.05, 0) is 42.0 Å². The first-order valence-corrected chi connectivity index (χ1v) is 10.9. The van der Waals surface area contributed by atoms with E-state index in [1.54, 1.807) is 41.5 Å². The highest BCUT2D eigenvalue weighted by molar-refractivity contribution is 6.30. The molecule has 3 heterocycles. The number of ether oxygens (including phenoxy) is 1. The van der Waals surface area contributed by atoms with E-state index in [0.717, 1.165) is 17.0 Å². The number of hydrazone groups is 1. The summed E-state index contributed by atoms with van der Waals surface area (Å²) in [6.07, 6.45) is 1.23. The van der Waals surface area contributed by atoms with E-state index in [0.29, 0.717) is 23.0 Å². The zero-order chi connectivity index (χ0) is 22.9. The van der Waals surface area contributed by atoms with E-state index >= 15 is 0 Å². The Morgan fingerprint density at radius 3 is 2.61 bits per heavy atom. The van der Waals surface area contributed by atoms with E-state index in [9.17, 15) is 9.59 Å². The molecule has 2 aliphatic heterocycles. The van der Waals surface area contributed by atoms with Gasteiger partial charge in [0.1, 0.15) is 17.6 Å². The van der Waals surface area contributed by atoms with Crippen LogP contribution in [0.2, 0.25) is 5.02 Å².